The second-order valence-corrected chi connectivity index (χ2v) is 7.06. The first-order valence-corrected chi connectivity index (χ1v) is 9.27. The minimum atomic E-state index is -2.84. The molecule has 0 bridgehead atoms. The molecule has 1 aliphatic heterocycles. The Labute approximate surface area is 162 Å². The highest BCUT2D eigenvalue weighted by molar-refractivity contribution is 5.89. The monoisotopic (exact) mass is 385 g/mol. The molecule has 0 aromatic heterocycles. The summed E-state index contributed by atoms with van der Waals surface area (Å²) in [6, 6.07) is 12.5. The molecule has 1 N–H and O–H groups in total. The van der Waals surface area contributed by atoms with Crippen LogP contribution in [0.25, 0.3) is 0 Å². The van der Waals surface area contributed by atoms with Crippen molar-refractivity contribution in [2.45, 2.75) is 31.4 Å². The maximum atomic E-state index is 12.6. The zero-order valence-electron chi connectivity index (χ0n) is 15.4. The topological polar surface area (TPSA) is 47.6 Å². The molecule has 0 amide bonds. The molecular formula is C22H21F2NO3. The fraction of sp³-hybridized carbons (Fsp3) is 0.318. The number of nitrogens with one attached hydrogen (secondary N) is 1. The molecule has 6 heteroatoms. The summed E-state index contributed by atoms with van der Waals surface area (Å²) in [5.74, 6) is 0.215. The van der Waals surface area contributed by atoms with Crippen LogP contribution in [0.15, 0.2) is 54.6 Å². The second-order valence-electron chi connectivity index (χ2n) is 7.06. The lowest BCUT2D eigenvalue weighted by Gasteiger charge is -2.41. The first-order valence-electron chi connectivity index (χ1n) is 9.27. The molecule has 28 heavy (non-hydrogen) atoms. The number of carbonyl (C=O) groups is 1. The fourth-order valence-corrected chi connectivity index (χ4v) is 4.24. The molecule has 0 spiro atoms. The average Bonchev–Trinajstić information content (AvgIpc) is 2.72. The van der Waals surface area contributed by atoms with E-state index in [-0.39, 0.29) is 29.6 Å². The van der Waals surface area contributed by atoms with Gasteiger partial charge in [-0.25, -0.2) is 4.79 Å². The lowest BCUT2D eigenvalue weighted by atomic mass is 9.71. The molecular weight excluding hydrogens is 364 g/mol. The molecule has 146 valence electrons. The summed E-state index contributed by atoms with van der Waals surface area (Å²) in [4.78, 5) is 11.7. The first-order chi connectivity index (χ1) is 13.6. The first kappa shape index (κ1) is 18.5. The number of anilines is 1. The number of ether oxygens (including phenoxy) is 2. The van der Waals surface area contributed by atoms with Gasteiger partial charge in [0.1, 0.15) is 5.75 Å². The molecule has 0 radical (unpaired) electrons. The third-order valence-corrected chi connectivity index (χ3v) is 5.51. The SMILES string of the molecule is COC(=O)c1ccc([C@H]2Nc3ccc(OC(F)F)cc3[C@@H]3C=CCC[C@H]23)cc1. The minimum absolute atomic E-state index is 0.0658. The van der Waals surface area contributed by atoms with Gasteiger partial charge in [0.15, 0.2) is 0 Å². The highest BCUT2D eigenvalue weighted by atomic mass is 19.3. The van der Waals surface area contributed by atoms with Gasteiger partial charge in [0.05, 0.1) is 18.7 Å². The van der Waals surface area contributed by atoms with E-state index in [1.807, 2.05) is 12.1 Å². The van der Waals surface area contributed by atoms with Crippen LogP contribution >= 0.6 is 0 Å². The molecule has 0 fully saturated rings. The molecule has 0 unspecified atom stereocenters. The summed E-state index contributed by atoms with van der Waals surface area (Å²) < 4.78 is 34.6. The zero-order valence-corrected chi connectivity index (χ0v) is 15.4. The van der Waals surface area contributed by atoms with Gasteiger partial charge in [-0.1, -0.05) is 24.3 Å². The molecule has 4 nitrogen and oxygen atoms in total. The Balaban J connectivity index is 1.68. The van der Waals surface area contributed by atoms with Crippen LogP contribution in [-0.4, -0.2) is 19.7 Å². The number of hydrogen-bond donors (Lipinski definition) is 1. The summed E-state index contributed by atoms with van der Waals surface area (Å²) in [7, 11) is 1.36. The van der Waals surface area contributed by atoms with Gasteiger partial charge in [0.25, 0.3) is 0 Å². The Morgan fingerprint density at radius 1 is 1.18 bits per heavy atom. The third-order valence-electron chi connectivity index (χ3n) is 5.51. The normalized spacial score (nSPS) is 22.8. The predicted octanol–water partition coefficient (Wildman–Crippen LogP) is 5.29. The smallest absolute Gasteiger partial charge is 0.387 e. The molecule has 1 heterocycles. The van der Waals surface area contributed by atoms with Crippen molar-refractivity contribution in [3.8, 4) is 5.75 Å². The van der Waals surface area contributed by atoms with Gasteiger partial charge in [0, 0.05) is 11.6 Å². The van der Waals surface area contributed by atoms with Crippen molar-refractivity contribution in [2.75, 3.05) is 12.4 Å². The highest BCUT2D eigenvalue weighted by Crippen LogP contribution is 2.49. The van der Waals surface area contributed by atoms with Gasteiger partial charge in [-0.3, -0.25) is 0 Å². The van der Waals surface area contributed by atoms with E-state index >= 15 is 0 Å². The van der Waals surface area contributed by atoms with E-state index in [2.05, 4.69) is 22.2 Å². The summed E-state index contributed by atoms with van der Waals surface area (Å²) >= 11 is 0. The number of hydrogen-bond acceptors (Lipinski definition) is 4. The van der Waals surface area contributed by atoms with Gasteiger partial charge < -0.3 is 14.8 Å². The Kier molecular flexibility index (Phi) is 5.03. The minimum Gasteiger partial charge on any atom is -0.465 e. The number of rotatable bonds is 4. The number of esters is 1. The summed E-state index contributed by atoms with van der Waals surface area (Å²) in [5, 5.41) is 3.56. The van der Waals surface area contributed by atoms with Crippen LogP contribution in [0.3, 0.4) is 0 Å². The number of halogens is 2. The zero-order chi connectivity index (χ0) is 19.7. The van der Waals surface area contributed by atoms with Crippen molar-refractivity contribution >= 4 is 11.7 Å². The third kappa shape index (κ3) is 3.46. The Morgan fingerprint density at radius 2 is 1.96 bits per heavy atom. The van der Waals surface area contributed by atoms with Crippen molar-refractivity contribution in [1.82, 2.24) is 0 Å². The van der Waals surface area contributed by atoms with E-state index in [4.69, 9.17) is 4.74 Å². The van der Waals surface area contributed by atoms with Crippen LogP contribution in [0.5, 0.6) is 5.75 Å². The van der Waals surface area contributed by atoms with Crippen LogP contribution in [0.1, 0.15) is 46.3 Å². The van der Waals surface area contributed by atoms with E-state index in [1.165, 1.54) is 7.11 Å². The lowest BCUT2D eigenvalue weighted by molar-refractivity contribution is -0.0499. The lowest BCUT2D eigenvalue weighted by Crippen LogP contribution is -2.32. The van der Waals surface area contributed by atoms with E-state index in [1.54, 1.807) is 30.3 Å². The number of methoxy groups -OCH3 is 1. The van der Waals surface area contributed by atoms with Crippen LogP contribution in [0.4, 0.5) is 14.5 Å². The van der Waals surface area contributed by atoms with Crippen LogP contribution in [0.2, 0.25) is 0 Å². The molecule has 4 rings (SSSR count). The molecule has 0 saturated carbocycles. The average molecular weight is 385 g/mol. The van der Waals surface area contributed by atoms with Gasteiger partial charge in [0.2, 0.25) is 0 Å². The van der Waals surface area contributed by atoms with Gasteiger partial charge in [-0.2, -0.15) is 8.78 Å². The Morgan fingerprint density at radius 3 is 2.68 bits per heavy atom. The van der Waals surface area contributed by atoms with Crippen molar-refractivity contribution in [3.05, 3.63) is 71.3 Å². The van der Waals surface area contributed by atoms with E-state index in [0.29, 0.717) is 5.56 Å². The van der Waals surface area contributed by atoms with E-state index < -0.39 is 6.61 Å². The van der Waals surface area contributed by atoms with Gasteiger partial charge in [-0.05, 0) is 60.2 Å². The number of alkyl halides is 2. The highest BCUT2D eigenvalue weighted by Gasteiger charge is 2.37. The molecule has 0 saturated heterocycles. The second kappa shape index (κ2) is 7.62. The number of benzene rings is 2. The predicted molar refractivity (Wildman–Crippen MR) is 102 cm³/mol. The number of fused-ring (bicyclic) bond motifs is 3. The standard InChI is InChI=1S/C22H21F2NO3/c1-27-21(26)14-8-6-13(7-9-14)20-17-5-3-2-4-16(17)18-12-15(28-22(23)24)10-11-19(18)25-20/h2,4,6-12,16-17,20,22,25H,3,5H2,1H3/t16-,17+,20-/m1/s1. The summed E-state index contributed by atoms with van der Waals surface area (Å²) in [6.45, 7) is -2.84. The molecule has 1 aliphatic carbocycles. The van der Waals surface area contributed by atoms with Crippen molar-refractivity contribution in [2.24, 2.45) is 5.92 Å². The van der Waals surface area contributed by atoms with Crippen molar-refractivity contribution in [3.63, 3.8) is 0 Å². The molecule has 2 aliphatic rings. The Bertz CT molecular complexity index is 895. The fourth-order valence-electron chi connectivity index (χ4n) is 4.24. The summed E-state index contributed by atoms with van der Waals surface area (Å²) in [5.41, 5.74) is 3.48. The van der Waals surface area contributed by atoms with Crippen LogP contribution in [-0.2, 0) is 4.74 Å². The van der Waals surface area contributed by atoms with Crippen molar-refractivity contribution < 1.29 is 23.0 Å². The maximum absolute atomic E-state index is 12.6. The van der Waals surface area contributed by atoms with E-state index in [0.717, 1.165) is 29.7 Å². The van der Waals surface area contributed by atoms with Gasteiger partial charge >= 0.3 is 12.6 Å². The van der Waals surface area contributed by atoms with Gasteiger partial charge in [-0.15, -0.1) is 0 Å². The molecule has 2 aromatic carbocycles. The number of allylic oxidation sites excluding steroid dienone is 2. The molecule has 3 atom stereocenters. The number of carbonyl (C=O) groups excluding carboxylic acids is 1. The van der Waals surface area contributed by atoms with E-state index in [9.17, 15) is 13.6 Å². The van der Waals surface area contributed by atoms with Crippen LogP contribution in [0, 0.1) is 5.92 Å². The molecule has 2 aromatic rings. The quantitative estimate of drug-likeness (QED) is 0.574. The Hall–Kier alpha value is -2.89. The van der Waals surface area contributed by atoms with Crippen molar-refractivity contribution in [1.29, 1.82) is 0 Å². The summed E-state index contributed by atoms with van der Waals surface area (Å²) in [6.07, 6.45) is 6.27. The largest absolute Gasteiger partial charge is 0.465 e. The maximum Gasteiger partial charge on any atom is 0.387 e. The van der Waals surface area contributed by atoms with Crippen LogP contribution < -0.4 is 10.1 Å².